The molecule has 0 fully saturated rings. The van der Waals surface area contributed by atoms with E-state index in [2.05, 4.69) is 19.9 Å². The summed E-state index contributed by atoms with van der Waals surface area (Å²) in [6, 6.07) is 0. The van der Waals surface area contributed by atoms with Crippen LogP contribution in [-0.4, -0.2) is 36.9 Å². The van der Waals surface area contributed by atoms with Crippen LogP contribution >= 0.6 is 0 Å². The van der Waals surface area contributed by atoms with Gasteiger partial charge in [-0.2, -0.15) is 0 Å². The highest BCUT2D eigenvalue weighted by Gasteiger charge is 2.10. The summed E-state index contributed by atoms with van der Waals surface area (Å²) in [5, 5.41) is 0. The number of fused-ring (bicyclic) bond motifs is 1. The first-order valence-electron chi connectivity index (χ1n) is 6.18. The quantitative estimate of drug-likeness (QED) is 0.699. The smallest absolute Gasteiger partial charge is 0.358 e. The summed E-state index contributed by atoms with van der Waals surface area (Å²) in [4.78, 5) is 26.6. The van der Waals surface area contributed by atoms with E-state index >= 15 is 0 Å². The number of nitrogen functional groups attached to an aromatic ring is 1. The zero-order chi connectivity index (χ0) is 15.1. The number of anilines is 1. The largest absolute Gasteiger partial charge is 0.461 e. The van der Waals surface area contributed by atoms with Crippen LogP contribution in [0.15, 0.2) is 43.4 Å². The molecule has 8 nitrogen and oxygen atoms in total. The Labute approximate surface area is 120 Å². The monoisotopic (exact) mass is 286 g/mol. The first-order valence-corrected chi connectivity index (χ1v) is 6.18. The molecule has 0 aliphatic heterocycles. The molecular formula is C13H14N6O2. The maximum absolute atomic E-state index is 11.3. The average Bonchev–Trinajstić information content (AvgIpc) is 2.93. The summed E-state index contributed by atoms with van der Waals surface area (Å²) in [6.45, 7) is 2.11. The van der Waals surface area contributed by atoms with Gasteiger partial charge in [-0.3, -0.25) is 9.97 Å². The Morgan fingerprint density at radius 1 is 1.29 bits per heavy atom. The predicted molar refractivity (Wildman–Crippen MR) is 75.4 cm³/mol. The Morgan fingerprint density at radius 2 is 2.10 bits per heavy atom. The van der Waals surface area contributed by atoms with Crippen LogP contribution in [0.1, 0.15) is 17.4 Å². The molecule has 3 rings (SSSR count). The molecule has 0 saturated heterocycles. The first-order chi connectivity index (χ1) is 10.2. The fourth-order valence-corrected chi connectivity index (χ4v) is 1.46. The Kier molecular flexibility index (Phi) is 4.75. The van der Waals surface area contributed by atoms with E-state index in [1.807, 2.05) is 0 Å². The minimum absolute atomic E-state index is 0.305. The molecule has 0 spiro atoms. The van der Waals surface area contributed by atoms with Crippen LogP contribution in [0.2, 0.25) is 0 Å². The normalized spacial score (nSPS) is 9.76. The SMILES string of the molecule is CCOC(=O)c1cn2ccncc2n1.Nc1cnccn1. The summed E-state index contributed by atoms with van der Waals surface area (Å²) < 4.78 is 6.54. The Morgan fingerprint density at radius 3 is 2.67 bits per heavy atom. The summed E-state index contributed by atoms with van der Waals surface area (Å²) in [7, 11) is 0. The Hall–Kier alpha value is -3.03. The molecule has 0 saturated carbocycles. The summed E-state index contributed by atoms with van der Waals surface area (Å²) in [6.07, 6.45) is 11.2. The third-order valence-corrected chi connectivity index (χ3v) is 2.33. The highest BCUT2D eigenvalue weighted by molar-refractivity contribution is 5.87. The highest BCUT2D eigenvalue weighted by Crippen LogP contribution is 2.04. The number of hydrogen-bond acceptors (Lipinski definition) is 7. The van der Waals surface area contributed by atoms with Crippen LogP contribution in [0.3, 0.4) is 0 Å². The van der Waals surface area contributed by atoms with E-state index in [0.717, 1.165) is 0 Å². The lowest BCUT2D eigenvalue weighted by Gasteiger charge is -1.94. The molecule has 0 atom stereocenters. The summed E-state index contributed by atoms with van der Waals surface area (Å²) >= 11 is 0. The molecule has 0 amide bonds. The van der Waals surface area contributed by atoms with Gasteiger partial charge < -0.3 is 14.9 Å². The van der Waals surface area contributed by atoms with Gasteiger partial charge in [0.1, 0.15) is 5.82 Å². The molecule has 0 aromatic carbocycles. The third kappa shape index (κ3) is 3.96. The van der Waals surface area contributed by atoms with Crippen LogP contribution < -0.4 is 5.73 Å². The number of aromatic nitrogens is 5. The van der Waals surface area contributed by atoms with Gasteiger partial charge in [0.25, 0.3) is 0 Å². The second-order valence-electron chi connectivity index (χ2n) is 3.82. The number of hydrogen-bond donors (Lipinski definition) is 1. The van der Waals surface area contributed by atoms with Crippen LogP contribution in [0.4, 0.5) is 5.82 Å². The number of ether oxygens (including phenoxy) is 1. The van der Waals surface area contributed by atoms with Gasteiger partial charge in [0.15, 0.2) is 11.3 Å². The van der Waals surface area contributed by atoms with Crippen LogP contribution in [0.5, 0.6) is 0 Å². The Bertz CT molecular complexity index is 680. The average molecular weight is 286 g/mol. The van der Waals surface area contributed by atoms with Crippen LogP contribution in [-0.2, 0) is 4.74 Å². The van der Waals surface area contributed by atoms with Crippen molar-refractivity contribution in [3.05, 3.63) is 49.1 Å². The van der Waals surface area contributed by atoms with Crippen molar-refractivity contribution in [1.82, 2.24) is 24.3 Å². The second kappa shape index (κ2) is 6.94. The topological polar surface area (TPSA) is 108 Å². The van der Waals surface area contributed by atoms with Crippen molar-refractivity contribution in [3.8, 4) is 0 Å². The molecule has 3 aromatic heterocycles. The maximum Gasteiger partial charge on any atom is 0.358 e. The van der Waals surface area contributed by atoms with E-state index in [4.69, 9.17) is 10.5 Å². The van der Waals surface area contributed by atoms with Crippen molar-refractivity contribution in [1.29, 1.82) is 0 Å². The molecule has 8 heteroatoms. The van der Waals surface area contributed by atoms with E-state index in [-0.39, 0.29) is 0 Å². The maximum atomic E-state index is 11.3. The van der Waals surface area contributed by atoms with E-state index in [1.165, 1.54) is 6.20 Å². The fourth-order valence-electron chi connectivity index (χ4n) is 1.46. The van der Waals surface area contributed by atoms with E-state index in [0.29, 0.717) is 23.8 Å². The lowest BCUT2D eigenvalue weighted by atomic mass is 10.5. The predicted octanol–water partition coefficient (Wildman–Crippen LogP) is 0.965. The number of rotatable bonds is 2. The summed E-state index contributed by atoms with van der Waals surface area (Å²) in [5.41, 5.74) is 6.12. The van der Waals surface area contributed by atoms with Gasteiger partial charge in [-0.1, -0.05) is 0 Å². The molecule has 0 radical (unpaired) electrons. The number of nitrogens with two attached hydrogens (primary N) is 1. The molecule has 0 aliphatic carbocycles. The van der Waals surface area contributed by atoms with Crippen molar-refractivity contribution in [2.45, 2.75) is 6.92 Å². The van der Waals surface area contributed by atoms with Crippen molar-refractivity contribution >= 4 is 17.4 Å². The van der Waals surface area contributed by atoms with Crippen molar-refractivity contribution in [2.75, 3.05) is 12.3 Å². The molecule has 3 heterocycles. The standard InChI is InChI=1S/C9H9N3O2.C4H5N3/c1-2-14-9(13)7-6-12-4-3-10-5-8(12)11-7;5-4-3-6-1-2-7-4/h3-6H,2H2,1H3;1-3H,(H2,5,7). The zero-order valence-electron chi connectivity index (χ0n) is 11.4. The molecule has 0 aliphatic rings. The van der Waals surface area contributed by atoms with Gasteiger partial charge in [0.2, 0.25) is 0 Å². The Balaban J connectivity index is 0.000000194. The lowest BCUT2D eigenvalue weighted by Crippen LogP contribution is -2.04. The number of carbonyl (C=O) groups excluding carboxylic acids is 1. The molecule has 0 bridgehead atoms. The van der Waals surface area contributed by atoms with E-state index in [9.17, 15) is 4.79 Å². The van der Waals surface area contributed by atoms with E-state index in [1.54, 1.807) is 48.5 Å². The van der Waals surface area contributed by atoms with Gasteiger partial charge in [0.05, 0.1) is 19.0 Å². The molecule has 0 unspecified atom stereocenters. The number of esters is 1. The van der Waals surface area contributed by atoms with Gasteiger partial charge in [0, 0.05) is 31.0 Å². The van der Waals surface area contributed by atoms with Gasteiger partial charge in [-0.25, -0.2) is 14.8 Å². The minimum atomic E-state index is -0.406. The highest BCUT2D eigenvalue weighted by atomic mass is 16.5. The van der Waals surface area contributed by atoms with Crippen molar-refractivity contribution in [2.24, 2.45) is 0 Å². The zero-order valence-corrected chi connectivity index (χ0v) is 11.4. The van der Waals surface area contributed by atoms with Crippen LogP contribution in [0.25, 0.3) is 5.65 Å². The van der Waals surface area contributed by atoms with Crippen molar-refractivity contribution in [3.63, 3.8) is 0 Å². The molecule has 3 aromatic rings. The third-order valence-electron chi connectivity index (χ3n) is 2.33. The van der Waals surface area contributed by atoms with Gasteiger partial charge in [-0.05, 0) is 6.92 Å². The number of imidazole rings is 1. The molecule has 21 heavy (non-hydrogen) atoms. The second-order valence-corrected chi connectivity index (χ2v) is 3.82. The molecule has 108 valence electrons. The molecule has 2 N–H and O–H groups in total. The van der Waals surface area contributed by atoms with Crippen molar-refractivity contribution < 1.29 is 9.53 Å². The summed E-state index contributed by atoms with van der Waals surface area (Å²) in [5.74, 6) is 0.0544. The van der Waals surface area contributed by atoms with Gasteiger partial charge in [-0.15, -0.1) is 0 Å². The minimum Gasteiger partial charge on any atom is -0.461 e. The molecular weight excluding hydrogens is 272 g/mol. The first kappa shape index (κ1) is 14.4. The lowest BCUT2D eigenvalue weighted by molar-refractivity contribution is 0.0520. The van der Waals surface area contributed by atoms with Gasteiger partial charge >= 0.3 is 5.97 Å². The number of nitrogens with zero attached hydrogens (tertiary/aromatic N) is 5. The number of carbonyl (C=O) groups is 1. The fraction of sp³-hybridized carbons (Fsp3) is 0.154. The van der Waals surface area contributed by atoms with Crippen LogP contribution in [0, 0.1) is 0 Å². The van der Waals surface area contributed by atoms with E-state index < -0.39 is 5.97 Å².